The highest BCUT2D eigenvalue weighted by molar-refractivity contribution is 5.99. The zero-order valence-electron chi connectivity index (χ0n) is 17.9. The van der Waals surface area contributed by atoms with Crippen LogP contribution in [-0.2, 0) is 27.4 Å². The fraction of sp³-hybridized carbons (Fsp3) is 0.400. The first-order valence-electron chi connectivity index (χ1n) is 11.0. The minimum Gasteiger partial charge on any atom is -0.461 e. The molecule has 2 aromatic carbocycles. The molecule has 2 heterocycles. The van der Waals surface area contributed by atoms with Crippen LogP contribution in [0.1, 0.15) is 47.7 Å². The number of amides is 2. The molecule has 2 aliphatic heterocycles. The third-order valence-electron chi connectivity index (χ3n) is 6.09. The summed E-state index contributed by atoms with van der Waals surface area (Å²) in [6, 6.07) is 15.1. The molecule has 0 aliphatic carbocycles. The Kier molecular flexibility index (Phi) is 6.35. The lowest BCUT2D eigenvalue weighted by atomic mass is 10.1. The van der Waals surface area contributed by atoms with Crippen LogP contribution in [0.25, 0.3) is 0 Å². The summed E-state index contributed by atoms with van der Waals surface area (Å²) in [4.78, 5) is 40.9. The van der Waals surface area contributed by atoms with E-state index in [4.69, 9.17) is 4.74 Å². The molecule has 1 unspecified atom stereocenters. The first-order valence-corrected chi connectivity index (χ1v) is 11.0. The van der Waals surface area contributed by atoms with Gasteiger partial charge in [0.1, 0.15) is 6.61 Å². The van der Waals surface area contributed by atoms with E-state index in [0.29, 0.717) is 12.1 Å². The summed E-state index contributed by atoms with van der Waals surface area (Å²) in [5.74, 6) is -0.832. The molecule has 6 heteroatoms. The number of anilines is 1. The second-order valence-electron chi connectivity index (χ2n) is 8.23. The van der Waals surface area contributed by atoms with Crippen LogP contribution >= 0.6 is 0 Å². The van der Waals surface area contributed by atoms with Gasteiger partial charge in [-0.2, -0.15) is 0 Å². The lowest BCUT2D eigenvalue weighted by molar-refractivity contribution is -0.149. The smallest absolute Gasteiger partial charge is 0.311 e. The van der Waals surface area contributed by atoms with Crippen molar-refractivity contribution in [2.24, 2.45) is 5.92 Å². The van der Waals surface area contributed by atoms with Crippen molar-refractivity contribution < 1.29 is 19.1 Å². The SMILES string of the molecule is CCc1ccc(N2CC(C(=O)OCc3ccc(C(=O)N4CCCC4)cc3)CC2=O)cc1. The summed E-state index contributed by atoms with van der Waals surface area (Å²) in [5, 5.41) is 0. The molecule has 0 radical (unpaired) electrons. The van der Waals surface area contributed by atoms with Crippen LogP contribution in [-0.4, -0.2) is 42.3 Å². The molecule has 0 aromatic heterocycles. The van der Waals surface area contributed by atoms with Crippen LogP contribution in [0, 0.1) is 5.92 Å². The van der Waals surface area contributed by atoms with Gasteiger partial charge in [-0.15, -0.1) is 0 Å². The molecular formula is C25H28N2O4. The molecule has 6 nitrogen and oxygen atoms in total. The first-order chi connectivity index (χ1) is 15.0. The van der Waals surface area contributed by atoms with Crippen molar-refractivity contribution in [2.45, 2.75) is 39.2 Å². The van der Waals surface area contributed by atoms with Gasteiger partial charge in [-0.1, -0.05) is 31.2 Å². The van der Waals surface area contributed by atoms with Crippen molar-refractivity contribution in [3.63, 3.8) is 0 Å². The third kappa shape index (κ3) is 4.79. The van der Waals surface area contributed by atoms with Gasteiger partial charge in [-0.3, -0.25) is 14.4 Å². The zero-order chi connectivity index (χ0) is 21.8. The summed E-state index contributed by atoms with van der Waals surface area (Å²) in [6.07, 6.45) is 3.23. The Bertz CT molecular complexity index is 946. The van der Waals surface area contributed by atoms with Crippen LogP contribution in [0.2, 0.25) is 0 Å². The first kappa shape index (κ1) is 21.1. The molecule has 0 saturated carbocycles. The van der Waals surface area contributed by atoms with E-state index in [1.807, 2.05) is 41.3 Å². The number of likely N-dealkylation sites (tertiary alicyclic amines) is 1. The van der Waals surface area contributed by atoms with Crippen LogP contribution in [0.4, 0.5) is 5.69 Å². The molecule has 0 bridgehead atoms. The standard InChI is InChI=1S/C25H28N2O4/c1-2-18-7-11-22(12-8-18)27-16-21(15-23(27)28)25(30)31-17-19-5-9-20(10-6-19)24(29)26-13-3-4-14-26/h5-12,21H,2-4,13-17H2,1H3. The van der Waals surface area contributed by atoms with E-state index in [1.165, 1.54) is 5.56 Å². The van der Waals surface area contributed by atoms with Gasteiger partial charge in [0.25, 0.3) is 5.91 Å². The highest BCUT2D eigenvalue weighted by Gasteiger charge is 2.36. The van der Waals surface area contributed by atoms with Crippen molar-refractivity contribution >= 4 is 23.5 Å². The maximum Gasteiger partial charge on any atom is 0.311 e. The van der Waals surface area contributed by atoms with Gasteiger partial charge in [0.15, 0.2) is 0 Å². The van der Waals surface area contributed by atoms with Crippen LogP contribution in [0.15, 0.2) is 48.5 Å². The minimum atomic E-state index is -0.464. The van der Waals surface area contributed by atoms with E-state index in [1.54, 1.807) is 17.0 Å². The Balaban J connectivity index is 1.30. The second-order valence-corrected chi connectivity index (χ2v) is 8.23. The van der Waals surface area contributed by atoms with Gasteiger partial charge in [-0.05, 0) is 54.7 Å². The summed E-state index contributed by atoms with van der Waals surface area (Å²) in [7, 11) is 0. The van der Waals surface area contributed by atoms with Crippen molar-refractivity contribution in [1.29, 1.82) is 0 Å². The predicted octanol–water partition coefficient (Wildman–Crippen LogP) is 3.58. The average Bonchev–Trinajstić information content (AvgIpc) is 3.48. The van der Waals surface area contributed by atoms with Gasteiger partial charge in [0.2, 0.25) is 5.91 Å². The van der Waals surface area contributed by atoms with Gasteiger partial charge in [-0.25, -0.2) is 0 Å². The highest BCUT2D eigenvalue weighted by Crippen LogP contribution is 2.26. The molecule has 0 spiro atoms. The minimum absolute atomic E-state index is 0.0533. The van der Waals surface area contributed by atoms with E-state index >= 15 is 0 Å². The predicted molar refractivity (Wildman–Crippen MR) is 118 cm³/mol. The topological polar surface area (TPSA) is 66.9 Å². The number of benzene rings is 2. The Morgan fingerprint density at radius 1 is 0.968 bits per heavy atom. The summed E-state index contributed by atoms with van der Waals surface area (Å²) < 4.78 is 5.47. The number of hydrogen-bond acceptors (Lipinski definition) is 4. The Morgan fingerprint density at radius 3 is 2.26 bits per heavy atom. The summed E-state index contributed by atoms with van der Waals surface area (Å²) in [5.41, 5.74) is 3.50. The largest absolute Gasteiger partial charge is 0.461 e. The van der Waals surface area contributed by atoms with E-state index in [9.17, 15) is 14.4 Å². The molecule has 4 rings (SSSR count). The number of ether oxygens (including phenoxy) is 1. The number of esters is 1. The number of carbonyl (C=O) groups excluding carboxylic acids is 3. The monoisotopic (exact) mass is 420 g/mol. The fourth-order valence-electron chi connectivity index (χ4n) is 4.15. The van der Waals surface area contributed by atoms with E-state index in [0.717, 1.165) is 43.6 Å². The molecular weight excluding hydrogens is 392 g/mol. The quantitative estimate of drug-likeness (QED) is 0.670. The third-order valence-corrected chi connectivity index (χ3v) is 6.09. The molecule has 2 fully saturated rings. The van der Waals surface area contributed by atoms with E-state index in [2.05, 4.69) is 6.92 Å². The Morgan fingerprint density at radius 2 is 1.61 bits per heavy atom. The molecule has 162 valence electrons. The highest BCUT2D eigenvalue weighted by atomic mass is 16.5. The van der Waals surface area contributed by atoms with Crippen molar-refractivity contribution in [1.82, 2.24) is 4.90 Å². The van der Waals surface area contributed by atoms with Crippen molar-refractivity contribution in [3.8, 4) is 0 Å². The summed E-state index contributed by atoms with van der Waals surface area (Å²) in [6.45, 7) is 4.19. The molecule has 2 aliphatic rings. The maximum atomic E-state index is 12.5. The molecule has 31 heavy (non-hydrogen) atoms. The zero-order valence-corrected chi connectivity index (χ0v) is 17.9. The fourth-order valence-corrected chi connectivity index (χ4v) is 4.15. The van der Waals surface area contributed by atoms with Crippen LogP contribution < -0.4 is 4.90 Å². The number of hydrogen-bond donors (Lipinski definition) is 0. The molecule has 2 aromatic rings. The van der Waals surface area contributed by atoms with Crippen molar-refractivity contribution in [3.05, 3.63) is 65.2 Å². The van der Waals surface area contributed by atoms with Crippen LogP contribution in [0.5, 0.6) is 0 Å². The number of nitrogens with zero attached hydrogens (tertiary/aromatic N) is 2. The Hall–Kier alpha value is -3.15. The van der Waals surface area contributed by atoms with Gasteiger partial charge in [0.05, 0.1) is 5.92 Å². The number of carbonyl (C=O) groups is 3. The molecule has 0 N–H and O–H groups in total. The normalized spacial score (nSPS) is 18.5. The van der Waals surface area contributed by atoms with Gasteiger partial charge < -0.3 is 14.5 Å². The van der Waals surface area contributed by atoms with E-state index in [-0.39, 0.29) is 30.8 Å². The lowest BCUT2D eigenvalue weighted by Crippen LogP contribution is -2.27. The average molecular weight is 421 g/mol. The maximum absolute atomic E-state index is 12.5. The van der Waals surface area contributed by atoms with Crippen molar-refractivity contribution in [2.75, 3.05) is 24.5 Å². The van der Waals surface area contributed by atoms with E-state index < -0.39 is 5.92 Å². The summed E-state index contributed by atoms with van der Waals surface area (Å²) >= 11 is 0. The number of aryl methyl sites for hydroxylation is 1. The second kappa shape index (κ2) is 9.33. The van der Waals surface area contributed by atoms with Gasteiger partial charge >= 0.3 is 5.97 Å². The Labute approximate surface area is 182 Å². The molecule has 2 amide bonds. The molecule has 2 saturated heterocycles. The van der Waals surface area contributed by atoms with Crippen LogP contribution in [0.3, 0.4) is 0 Å². The number of rotatable bonds is 6. The van der Waals surface area contributed by atoms with Gasteiger partial charge in [0, 0.05) is 37.3 Å². The lowest BCUT2D eigenvalue weighted by Gasteiger charge is -2.17. The molecule has 1 atom stereocenters.